The number of likely N-dealkylation sites (tertiary alicyclic amines) is 1. The maximum absolute atomic E-state index is 8.73. The van der Waals surface area contributed by atoms with E-state index in [0.717, 1.165) is 18.0 Å². The fourth-order valence-electron chi connectivity index (χ4n) is 2.19. The molecule has 2 rings (SSSR count). The van der Waals surface area contributed by atoms with Crippen LogP contribution in [0.2, 0.25) is 0 Å². The Kier molecular flexibility index (Phi) is 3.22. The van der Waals surface area contributed by atoms with Crippen LogP contribution in [0, 0.1) is 22.7 Å². The first-order chi connectivity index (χ1) is 7.99. The normalized spacial score (nSPS) is 17.5. The number of nitriles is 1. The van der Waals surface area contributed by atoms with Gasteiger partial charge in [-0.25, -0.2) is 0 Å². The van der Waals surface area contributed by atoms with E-state index in [4.69, 9.17) is 5.26 Å². The highest BCUT2D eigenvalue weighted by molar-refractivity contribution is 5.31. The number of hydrogen-bond donors (Lipinski definition) is 0. The van der Waals surface area contributed by atoms with Crippen molar-refractivity contribution in [2.45, 2.75) is 27.3 Å². The molecule has 1 aliphatic rings. The minimum Gasteiger partial charge on any atom is -0.298 e. The van der Waals surface area contributed by atoms with Gasteiger partial charge >= 0.3 is 0 Å². The summed E-state index contributed by atoms with van der Waals surface area (Å²) >= 11 is 0. The Balaban J connectivity index is 1.86. The van der Waals surface area contributed by atoms with Crippen LogP contribution in [-0.2, 0) is 6.54 Å². The first-order valence-corrected chi connectivity index (χ1v) is 6.20. The van der Waals surface area contributed by atoms with E-state index in [9.17, 15) is 0 Å². The molecule has 1 aliphatic heterocycles. The summed E-state index contributed by atoms with van der Waals surface area (Å²) in [5.74, 6) is 0.820. The molecule has 0 saturated carbocycles. The molecule has 2 heteroatoms. The van der Waals surface area contributed by atoms with Crippen LogP contribution in [-0.4, -0.2) is 18.0 Å². The summed E-state index contributed by atoms with van der Waals surface area (Å²) in [7, 11) is 0. The number of benzene rings is 1. The van der Waals surface area contributed by atoms with Gasteiger partial charge in [-0.1, -0.05) is 32.9 Å². The van der Waals surface area contributed by atoms with Gasteiger partial charge in [0.05, 0.1) is 11.6 Å². The molecule has 0 amide bonds. The highest BCUT2D eigenvalue weighted by atomic mass is 15.2. The van der Waals surface area contributed by atoms with Crippen LogP contribution in [0.1, 0.15) is 31.9 Å². The van der Waals surface area contributed by atoms with Gasteiger partial charge in [-0.2, -0.15) is 5.26 Å². The molecule has 1 saturated heterocycles. The molecule has 0 aliphatic carbocycles. The molecule has 17 heavy (non-hydrogen) atoms. The van der Waals surface area contributed by atoms with Gasteiger partial charge < -0.3 is 0 Å². The third kappa shape index (κ3) is 2.87. The van der Waals surface area contributed by atoms with Crippen molar-refractivity contribution < 1.29 is 0 Å². The largest absolute Gasteiger partial charge is 0.298 e. The molecule has 0 spiro atoms. The van der Waals surface area contributed by atoms with Crippen molar-refractivity contribution in [1.29, 1.82) is 5.26 Å². The smallest absolute Gasteiger partial charge is 0.0991 e. The summed E-state index contributed by atoms with van der Waals surface area (Å²) in [4.78, 5) is 2.47. The minimum absolute atomic E-state index is 0.432. The van der Waals surface area contributed by atoms with Gasteiger partial charge in [0.1, 0.15) is 0 Å². The van der Waals surface area contributed by atoms with E-state index in [1.54, 1.807) is 0 Å². The number of rotatable bonds is 2. The average molecular weight is 228 g/mol. The van der Waals surface area contributed by atoms with Crippen molar-refractivity contribution in [2.24, 2.45) is 11.3 Å². The van der Waals surface area contributed by atoms with Crippen molar-refractivity contribution in [2.75, 3.05) is 13.1 Å². The monoisotopic (exact) mass is 228 g/mol. The summed E-state index contributed by atoms with van der Waals surface area (Å²) in [6.45, 7) is 10.4. The third-order valence-corrected chi connectivity index (χ3v) is 3.67. The lowest BCUT2D eigenvalue weighted by Crippen LogP contribution is -2.51. The van der Waals surface area contributed by atoms with Gasteiger partial charge in [-0.05, 0) is 29.0 Å². The van der Waals surface area contributed by atoms with Gasteiger partial charge in [-0.15, -0.1) is 0 Å². The van der Waals surface area contributed by atoms with Crippen molar-refractivity contribution in [3.05, 3.63) is 35.4 Å². The van der Waals surface area contributed by atoms with Crippen molar-refractivity contribution in [3.63, 3.8) is 0 Å². The van der Waals surface area contributed by atoms with Crippen LogP contribution in [0.5, 0.6) is 0 Å². The van der Waals surface area contributed by atoms with Crippen LogP contribution in [0.4, 0.5) is 0 Å². The van der Waals surface area contributed by atoms with Crippen molar-refractivity contribution in [1.82, 2.24) is 4.90 Å². The van der Waals surface area contributed by atoms with E-state index in [-0.39, 0.29) is 0 Å². The van der Waals surface area contributed by atoms with Crippen LogP contribution >= 0.6 is 0 Å². The van der Waals surface area contributed by atoms with E-state index < -0.39 is 0 Å². The lowest BCUT2D eigenvalue weighted by Gasteiger charge is -2.46. The lowest BCUT2D eigenvalue weighted by molar-refractivity contribution is 0.0189. The zero-order chi connectivity index (χ0) is 12.5. The summed E-state index contributed by atoms with van der Waals surface area (Å²) in [5, 5.41) is 8.73. The lowest BCUT2D eigenvalue weighted by atomic mass is 9.76. The highest BCUT2D eigenvalue weighted by Gasteiger charge is 2.35. The second-order valence-electron chi connectivity index (χ2n) is 6.07. The Labute approximate surface area is 104 Å². The van der Waals surface area contributed by atoms with E-state index in [1.807, 2.05) is 12.1 Å². The Hall–Kier alpha value is -1.33. The van der Waals surface area contributed by atoms with E-state index in [1.165, 1.54) is 18.7 Å². The highest BCUT2D eigenvalue weighted by Crippen LogP contribution is 2.34. The second kappa shape index (κ2) is 4.50. The zero-order valence-corrected chi connectivity index (χ0v) is 10.9. The molecular formula is C15H20N2. The van der Waals surface area contributed by atoms with Gasteiger partial charge in [0, 0.05) is 19.6 Å². The summed E-state index contributed by atoms with van der Waals surface area (Å²) in [6, 6.07) is 10.1. The number of hydrogen-bond acceptors (Lipinski definition) is 2. The molecule has 1 aromatic carbocycles. The molecule has 0 unspecified atom stereocenters. The van der Waals surface area contributed by atoms with Crippen molar-refractivity contribution in [3.8, 4) is 6.07 Å². The first-order valence-electron chi connectivity index (χ1n) is 6.20. The Bertz CT molecular complexity index is 414. The second-order valence-corrected chi connectivity index (χ2v) is 6.07. The molecule has 0 atom stereocenters. The molecule has 1 fully saturated rings. The van der Waals surface area contributed by atoms with Crippen LogP contribution in [0.3, 0.4) is 0 Å². The van der Waals surface area contributed by atoms with Crippen LogP contribution < -0.4 is 0 Å². The fraction of sp³-hybridized carbons (Fsp3) is 0.533. The zero-order valence-electron chi connectivity index (χ0n) is 10.9. The molecule has 90 valence electrons. The molecule has 0 bridgehead atoms. The predicted octanol–water partition coefficient (Wildman–Crippen LogP) is 3.04. The first kappa shape index (κ1) is 12.1. The number of nitrogens with zero attached hydrogens (tertiary/aromatic N) is 2. The maximum Gasteiger partial charge on any atom is 0.0991 e. The summed E-state index contributed by atoms with van der Waals surface area (Å²) in [6.07, 6.45) is 0. The molecule has 2 nitrogen and oxygen atoms in total. The third-order valence-electron chi connectivity index (χ3n) is 3.67. The van der Waals surface area contributed by atoms with Gasteiger partial charge in [-0.3, -0.25) is 4.90 Å². The average Bonchev–Trinajstić information content (AvgIpc) is 2.22. The molecule has 1 heterocycles. The molecular weight excluding hydrogens is 208 g/mol. The quantitative estimate of drug-likeness (QED) is 0.778. The predicted molar refractivity (Wildman–Crippen MR) is 69.4 cm³/mol. The summed E-state index contributed by atoms with van der Waals surface area (Å²) < 4.78 is 0. The topological polar surface area (TPSA) is 27.0 Å². The van der Waals surface area contributed by atoms with Crippen LogP contribution in [0.15, 0.2) is 24.3 Å². The standard InChI is InChI=1S/C15H20N2/c1-15(2,3)14-10-17(11-14)9-13-6-4-12(8-16)5-7-13/h4-7,14H,9-11H2,1-3H3. The SMILES string of the molecule is CC(C)(C)C1CN(Cc2ccc(C#N)cc2)C1. The fourth-order valence-corrected chi connectivity index (χ4v) is 2.19. The van der Waals surface area contributed by atoms with Gasteiger partial charge in [0.2, 0.25) is 0 Å². The van der Waals surface area contributed by atoms with Crippen LogP contribution in [0.25, 0.3) is 0 Å². The van der Waals surface area contributed by atoms with E-state index >= 15 is 0 Å². The van der Waals surface area contributed by atoms with E-state index in [0.29, 0.717) is 5.41 Å². The molecule has 0 radical (unpaired) electrons. The molecule has 1 aromatic rings. The maximum atomic E-state index is 8.73. The minimum atomic E-state index is 0.432. The van der Waals surface area contributed by atoms with Gasteiger partial charge in [0.15, 0.2) is 0 Å². The Morgan fingerprint density at radius 3 is 2.29 bits per heavy atom. The Morgan fingerprint density at radius 1 is 1.24 bits per heavy atom. The van der Waals surface area contributed by atoms with Gasteiger partial charge in [0.25, 0.3) is 0 Å². The van der Waals surface area contributed by atoms with E-state index in [2.05, 4.69) is 43.9 Å². The molecule has 0 N–H and O–H groups in total. The van der Waals surface area contributed by atoms with Crippen molar-refractivity contribution >= 4 is 0 Å². The Morgan fingerprint density at radius 2 is 1.82 bits per heavy atom. The summed E-state index contributed by atoms with van der Waals surface area (Å²) in [5.41, 5.74) is 2.47. The molecule has 0 aromatic heterocycles.